The second kappa shape index (κ2) is 3.59. The number of hydrogen-bond acceptors (Lipinski definition) is 3. The van der Waals surface area contributed by atoms with E-state index in [4.69, 9.17) is 5.11 Å². The van der Waals surface area contributed by atoms with Crippen molar-refractivity contribution in [2.75, 3.05) is 0 Å². The van der Waals surface area contributed by atoms with Gasteiger partial charge in [0.1, 0.15) is 0 Å². The van der Waals surface area contributed by atoms with Crippen LogP contribution in [0.2, 0.25) is 0 Å². The lowest BCUT2D eigenvalue weighted by Gasteiger charge is -2.05. The summed E-state index contributed by atoms with van der Waals surface area (Å²) in [6.07, 6.45) is 1.22. The Morgan fingerprint density at radius 2 is 2.23 bits per heavy atom. The van der Waals surface area contributed by atoms with E-state index in [0.29, 0.717) is 5.69 Å². The quantitative estimate of drug-likeness (QED) is 0.755. The Morgan fingerprint density at radius 1 is 1.62 bits per heavy atom. The highest BCUT2D eigenvalue weighted by Crippen LogP contribution is 2.35. The zero-order chi connectivity index (χ0) is 10.1. The van der Waals surface area contributed by atoms with E-state index in [1.807, 2.05) is 0 Å². The first kappa shape index (κ1) is 10.4. The maximum absolute atomic E-state index is 11.9. The van der Waals surface area contributed by atoms with Crippen molar-refractivity contribution in [3.05, 3.63) is 11.9 Å². The van der Waals surface area contributed by atoms with E-state index in [1.165, 1.54) is 17.8 Å². The summed E-state index contributed by atoms with van der Waals surface area (Å²) in [5.74, 6) is 0. The number of aliphatic hydroxyl groups excluding tert-OH is 1. The molecule has 1 rings (SSSR count). The molecule has 0 amide bonds. The Kier molecular flexibility index (Phi) is 2.87. The molecule has 0 unspecified atom stereocenters. The van der Waals surface area contributed by atoms with Crippen molar-refractivity contribution < 1.29 is 18.3 Å². The first-order valence-corrected chi connectivity index (χ1v) is 4.13. The number of thioether (sulfide) groups is 1. The maximum Gasteiger partial charge on any atom is 0.449 e. The normalized spacial score (nSPS) is 12.1. The van der Waals surface area contributed by atoms with Gasteiger partial charge in [0, 0.05) is 18.8 Å². The highest BCUT2D eigenvalue weighted by atomic mass is 32.2. The predicted octanol–water partition coefficient (Wildman–Crippen LogP) is 1.52. The third-order valence-electron chi connectivity index (χ3n) is 1.41. The fraction of sp³-hybridized carbons (Fsp3) is 0.500. The van der Waals surface area contributed by atoms with Gasteiger partial charge in [0.2, 0.25) is 0 Å². The van der Waals surface area contributed by atoms with Gasteiger partial charge >= 0.3 is 5.51 Å². The average Bonchev–Trinajstić information content (AvgIpc) is 2.30. The summed E-state index contributed by atoms with van der Waals surface area (Å²) < 4.78 is 36.9. The van der Waals surface area contributed by atoms with Gasteiger partial charge in [-0.2, -0.15) is 13.2 Å². The number of halogens is 3. The third-order valence-corrected chi connectivity index (χ3v) is 2.20. The van der Waals surface area contributed by atoms with Crippen LogP contribution in [0.5, 0.6) is 0 Å². The topological polar surface area (TPSA) is 38.0 Å². The fourth-order valence-electron chi connectivity index (χ4n) is 0.771. The van der Waals surface area contributed by atoms with E-state index in [1.54, 1.807) is 0 Å². The van der Waals surface area contributed by atoms with Crippen molar-refractivity contribution in [3.63, 3.8) is 0 Å². The van der Waals surface area contributed by atoms with Crippen LogP contribution in [0.15, 0.2) is 11.4 Å². The number of imidazole rings is 1. The van der Waals surface area contributed by atoms with Crippen molar-refractivity contribution in [2.24, 2.45) is 7.05 Å². The fourth-order valence-corrected chi connectivity index (χ4v) is 1.34. The van der Waals surface area contributed by atoms with Crippen molar-refractivity contribution >= 4 is 11.8 Å². The first-order valence-electron chi connectivity index (χ1n) is 3.31. The first-order chi connectivity index (χ1) is 5.94. The van der Waals surface area contributed by atoms with E-state index in [0.717, 1.165) is 0 Å². The van der Waals surface area contributed by atoms with Gasteiger partial charge in [0.25, 0.3) is 0 Å². The minimum Gasteiger partial charge on any atom is -0.390 e. The van der Waals surface area contributed by atoms with Crippen LogP contribution < -0.4 is 0 Å². The van der Waals surface area contributed by atoms with Crippen LogP contribution in [0, 0.1) is 0 Å². The van der Waals surface area contributed by atoms with Crippen LogP contribution in [-0.2, 0) is 13.7 Å². The zero-order valence-electron chi connectivity index (χ0n) is 6.67. The van der Waals surface area contributed by atoms with E-state index >= 15 is 0 Å². The zero-order valence-corrected chi connectivity index (χ0v) is 7.48. The van der Waals surface area contributed by atoms with Crippen molar-refractivity contribution in [1.82, 2.24) is 9.55 Å². The Morgan fingerprint density at radius 3 is 2.62 bits per heavy atom. The predicted molar refractivity (Wildman–Crippen MR) is 41.0 cm³/mol. The van der Waals surface area contributed by atoms with E-state index < -0.39 is 5.51 Å². The molecule has 3 nitrogen and oxygen atoms in total. The van der Waals surface area contributed by atoms with Gasteiger partial charge in [-0.1, -0.05) is 0 Å². The molecule has 74 valence electrons. The van der Waals surface area contributed by atoms with Crippen molar-refractivity contribution in [2.45, 2.75) is 17.3 Å². The van der Waals surface area contributed by atoms with Crippen molar-refractivity contribution in [3.8, 4) is 0 Å². The molecular formula is C6H7F3N2OS. The molecule has 1 aromatic heterocycles. The summed E-state index contributed by atoms with van der Waals surface area (Å²) in [7, 11) is 1.42. The van der Waals surface area contributed by atoms with Gasteiger partial charge in [-0.05, 0) is 0 Å². The van der Waals surface area contributed by atoms with E-state index in [-0.39, 0.29) is 23.5 Å². The molecular weight excluding hydrogens is 205 g/mol. The van der Waals surface area contributed by atoms with Gasteiger partial charge in [0.05, 0.1) is 18.5 Å². The van der Waals surface area contributed by atoms with Crippen LogP contribution in [-0.4, -0.2) is 20.2 Å². The monoisotopic (exact) mass is 212 g/mol. The number of nitrogens with zero attached hydrogens (tertiary/aromatic N) is 2. The minimum atomic E-state index is -4.34. The molecule has 1 N–H and O–H groups in total. The van der Waals surface area contributed by atoms with Crippen LogP contribution in [0.25, 0.3) is 0 Å². The summed E-state index contributed by atoms with van der Waals surface area (Å²) in [5.41, 5.74) is -3.99. The lowest BCUT2D eigenvalue weighted by Crippen LogP contribution is -2.04. The second-order valence-corrected chi connectivity index (χ2v) is 3.33. The summed E-state index contributed by atoms with van der Waals surface area (Å²) >= 11 is -0.296. The molecule has 1 aromatic rings. The molecule has 0 radical (unpaired) electrons. The second-order valence-electron chi connectivity index (χ2n) is 2.30. The largest absolute Gasteiger partial charge is 0.449 e. The van der Waals surface area contributed by atoms with Crippen molar-refractivity contribution in [1.29, 1.82) is 0 Å². The van der Waals surface area contributed by atoms with E-state index in [2.05, 4.69) is 4.98 Å². The smallest absolute Gasteiger partial charge is 0.390 e. The Hall–Kier alpha value is -0.690. The Balaban J connectivity index is 2.84. The van der Waals surface area contributed by atoms with Gasteiger partial charge in [-0.3, -0.25) is 0 Å². The van der Waals surface area contributed by atoms with Gasteiger partial charge in [-0.25, -0.2) is 4.98 Å². The van der Waals surface area contributed by atoms with Gasteiger partial charge in [-0.15, -0.1) is 0 Å². The molecule has 7 heteroatoms. The highest BCUT2D eigenvalue weighted by Gasteiger charge is 2.31. The molecule has 13 heavy (non-hydrogen) atoms. The molecule has 0 saturated heterocycles. The van der Waals surface area contributed by atoms with Crippen LogP contribution in [0.4, 0.5) is 13.2 Å². The Bertz CT molecular complexity index is 297. The molecule has 0 bridgehead atoms. The van der Waals surface area contributed by atoms with Gasteiger partial charge in [0.15, 0.2) is 5.16 Å². The minimum absolute atomic E-state index is 0.170. The number of aliphatic hydroxyl groups is 1. The molecule has 0 atom stereocenters. The summed E-state index contributed by atoms with van der Waals surface area (Å²) in [4.78, 5) is 3.52. The average molecular weight is 212 g/mol. The lowest BCUT2D eigenvalue weighted by atomic mass is 10.5. The molecule has 1 heterocycles. The third kappa shape index (κ3) is 2.63. The standard InChI is InChI=1S/C6H7F3N2OS/c1-11-4(3-12)2-10-5(11)13-6(7,8)9/h2,12H,3H2,1H3. The van der Waals surface area contributed by atoms with Gasteiger partial charge < -0.3 is 9.67 Å². The lowest BCUT2D eigenvalue weighted by molar-refractivity contribution is -0.0332. The Labute approximate surface area is 76.6 Å². The van der Waals surface area contributed by atoms with Crippen LogP contribution in [0.3, 0.4) is 0 Å². The molecule has 0 aromatic carbocycles. The number of hydrogen-bond donors (Lipinski definition) is 1. The summed E-state index contributed by atoms with van der Waals surface area (Å²) in [6.45, 7) is -0.318. The molecule has 0 fully saturated rings. The number of alkyl halides is 3. The number of rotatable bonds is 2. The molecule has 0 aliphatic rings. The molecule has 0 aliphatic heterocycles. The van der Waals surface area contributed by atoms with Crippen LogP contribution in [0.1, 0.15) is 5.69 Å². The molecule has 0 aliphatic carbocycles. The van der Waals surface area contributed by atoms with Crippen LogP contribution >= 0.6 is 11.8 Å². The highest BCUT2D eigenvalue weighted by molar-refractivity contribution is 8.00. The number of aromatic nitrogens is 2. The molecule has 0 spiro atoms. The summed E-state index contributed by atoms with van der Waals surface area (Å²) in [6, 6.07) is 0. The SMILES string of the molecule is Cn1c(CO)cnc1SC(F)(F)F. The molecule has 0 saturated carbocycles. The van der Waals surface area contributed by atoms with E-state index in [9.17, 15) is 13.2 Å². The maximum atomic E-state index is 11.9. The summed E-state index contributed by atoms with van der Waals surface area (Å²) in [5, 5.41) is 8.51.